The molecule has 0 aromatic heterocycles. The number of nitrogens with zero attached hydrogens (tertiary/aromatic N) is 1. The number of carboxylic acid groups (broad SMARTS) is 1. The van der Waals surface area contributed by atoms with Crippen molar-refractivity contribution in [3.05, 3.63) is 35.4 Å². The highest BCUT2D eigenvalue weighted by molar-refractivity contribution is 5.71. The molecule has 1 aliphatic rings. The van der Waals surface area contributed by atoms with Gasteiger partial charge in [-0.25, -0.2) is 0 Å². The molecule has 0 spiro atoms. The van der Waals surface area contributed by atoms with Crippen LogP contribution in [0.25, 0.3) is 0 Å². The zero-order valence-corrected chi connectivity index (χ0v) is 11.1. The molecule has 3 heteroatoms. The maximum absolute atomic E-state index is 11.2. The second-order valence-corrected chi connectivity index (χ2v) is 5.28. The van der Waals surface area contributed by atoms with Crippen molar-refractivity contribution in [2.45, 2.75) is 38.8 Å². The Morgan fingerprint density at radius 3 is 2.78 bits per heavy atom. The summed E-state index contributed by atoms with van der Waals surface area (Å²) >= 11 is 0. The molecule has 0 saturated heterocycles. The standard InChI is InChI=1S/C15H21NO2/c1-11-6-3-4-7-12(11)10-16(2)14-9-5-8-13(14)15(17)18/h3-4,6-7,13-14H,5,8-10H2,1-2H3,(H,17,18). The lowest BCUT2D eigenvalue weighted by atomic mass is 10.0. The minimum atomic E-state index is -0.644. The molecule has 0 aliphatic heterocycles. The van der Waals surface area contributed by atoms with Gasteiger partial charge in [0, 0.05) is 12.6 Å². The first-order valence-corrected chi connectivity index (χ1v) is 6.57. The number of carboxylic acids is 1. The molecule has 1 saturated carbocycles. The summed E-state index contributed by atoms with van der Waals surface area (Å²) < 4.78 is 0. The largest absolute Gasteiger partial charge is 0.481 e. The maximum Gasteiger partial charge on any atom is 0.308 e. The summed E-state index contributed by atoms with van der Waals surface area (Å²) in [4.78, 5) is 13.4. The first-order valence-electron chi connectivity index (χ1n) is 6.57. The third-order valence-electron chi connectivity index (χ3n) is 4.04. The molecule has 0 heterocycles. The van der Waals surface area contributed by atoms with E-state index in [-0.39, 0.29) is 12.0 Å². The summed E-state index contributed by atoms with van der Waals surface area (Å²) in [6.45, 7) is 2.94. The first-order chi connectivity index (χ1) is 8.59. The Hall–Kier alpha value is -1.35. The first kappa shape index (κ1) is 13.1. The van der Waals surface area contributed by atoms with E-state index in [0.29, 0.717) is 0 Å². The van der Waals surface area contributed by atoms with Crippen molar-refractivity contribution in [1.29, 1.82) is 0 Å². The lowest BCUT2D eigenvalue weighted by molar-refractivity contribution is -0.143. The molecule has 1 fully saturated rings. The van der Waals surface area contributed by atoms with Crippen LogP contribution in [0.15, 0.2) is 24.3 Å². The predicted octanol–water partition coefficient (Wildman–Crippen LogP) is 2.68. The third-order valence-corrected chi connectivity index (χ3v) is 4.04. The summed E-state index contributed by atoms with van der Waals surface area (Å²) in [5, 5.41) is 9.23. The Bertz CT molecular complexity index is 430. The third kappa shape index (κ3) is 2.72. The van der Waals surface area contributed by atoms with Crippen LogP contribution in [-0.2, 0) is 11.3 Å². The van der Waals surface area contributed by atoms with E-state index in [0.717, 1.165) is 25.8 Å². The smallest absolute Gasteiger partial charge is 0.308 e. The topological polar surface area (TPSA) is 40.5 Å². The average Bonchev–Trinajstić information content (AvgIpc) is 2.81. The van der Waals surface area contributed by atoms with Crippen LogP contribution in [0.3, 0.4) is 0 Å². The van der Waals surface area contributed by atoms with E-state index in [9.17, 15) is 9.90 Å². The highest BCUT2D eigenvalue weighted by Crippen LogP contribution is 2.30. The minimum absolute atomic E-state index is 0.183. The van der Waals surface area contributed by atoms with Crippen molar-refractivity contribution in [2.24, 2.45) is 5.92 Å². The van der Waals surface area contributed by atoms with Crippen molar-refractivity contribution in [1.82, 2.24) is 4.90 Å². The lowest BCUT2D eigenvalue weighted by Gasteiger charge is -2.28. The molecule has 1 N–H and O–H groups in total. The van der Waals surface area contributed by atoms with Crippen LogP contribution >= 0.6 is 0 Å². The van der Waals surface area contributed by atoms with Crippen LogP contribution in [0, 0.1) is 12.8 Å². The highest BCUT2D eigenvalue weighted by Gasteiger charge is 2.35. The molecule has 2 unspecified atom stereocenters. The zero-order valence-electron chi connectivity index (χ0n) is 11.1. The predicted molar refractivity (Wildman–Crippen MR) is 71.4 cm³/mol. The fourth-order valence-electron chi connectivity index (χ4n) is 2.93. The van der Waals surface area contributed by atoms with Gasteiger partial charge in [0.15, 0.2) is 0 Å². The fourth-order valence-corrected chi connectivity index (χ4v) is 2.93. The van der Waals surface area contributed by atoms with Gasteiger partial charge in [0.2, 0.25) is 0 Å². The van der Waals surface area contributed by atoms with Crippen LogP contribution < -0.4 is 0 Å². The fraction of sp³-hybridized carbons (Fsp3) is 0.533. The van der Waals surface area contributed by atoms with Crippen LogP contribution in [0.5, 0.6) is 0 Å². The SMILES string of the molecule is Cc1ccccc1CN(C)C1CCCC1C(=O)O. The summed E-state index contributed by atoms with van der Waals surface area (Å²) in [5.41, 5.74) is 2.56. The van der Waals surface area contributed by atoms with Crippen LogP contribution in [0.4, 0.5) is 0 Å². The number of hydrogen-bond acceptors (Lipinski definition) is 2. The van der Waals surface area contributed by atoms with E-state index in [4.69, 9.17) is 0 Å². The second kappa shape index (κ2) is 5.53. The number of aryl methyl sites for hydroxylation is 1. The Morgan fingerprint density at radius 2 is 2.11 bits per heavy atom. The maximum atomic E-state index is 11.2. The second-order valence-electron chi connectivity index (χ2n) is 5.28. The highest BCUT2D eigenvalue weighted by atomic mass is 16.4. The number of carbonyl (C=O) groups is 1. The van der Waals surface area contributed by atoms with Crippen LogP contribution in [-0.4, -0.2) is 29.1 Å². The van der Waals surface area contributed by atoms with Crippen LogP contribution in [0.2, 0.25) is 0 Å². The molecule has 1 aliphatic carbocycles. The molecule has 0 radical (unpaired) electrons. The summed E-state index contributed by atoms with van der Waals surface area (Å²) in [5.74, 6) is -0.840. The van der Waals surface area contributed by atoms with Crippen LogP contribution in [0.1, 0.15) is 30.4 Å². The number of hydrogen-bond donors (Lipinski definition) is 1. The van der Waals surface area contributed by atoms with Gasteiger partial charge in [-0.05, 0) is 37.9 Å². The summed E-state index contributed by atoms with van der Waals surface area (Å²) in [6.07, 6.45) is 2.84. The van der Waals surface area contributed by atoms with Crippen molar-refractivity contribution in [2.75, 3.05) is 7.05 Å². The quantitative estimate of drug-likeness (QED) is 0.889. The van der Waals surface area contributed by atoms with E-state index in [1.54, 1.807) is 0 Å². The van der Waals surface area contributed by atoms with Gasteiger partial charge >= 0.3 is 5.97 Å². The van der Waals surface area contributed by atoms with Gasteiger partial charge in [0.05, 0.1) is 5.92 Å². The molecule has 0 bridgehead atoms. The van der Waals surface area contributed by atoms with Gasteiger partial charge in [0.1, 0.15) is 0 Å². The van der Waals surface area contributed by atoms with Gasteiger partial charge in [-0.2, -0.15) is 0 Å². The molecular weight excluding hydrogens is 226 g/mol. The minimum Gasteiger partial charge on any atom is -0.481 e. The van der Waals surface area contributed by atoms with E-state index in [1.807, 2.05) is 19.2 Å². The van der Waals surface area contributed by atoms with Crippen molar-refractivity contribution >= 4 is 5.97 Å². The average molecular weight is 247 g/mol. The molecule has 2 atom stereocenters. The monoisotopic (exact) mass is 247 g/mol. The van der Waals surface area contributed by atoms with Crippen molar-refractivity contribution in [3.63, 3.8) is 0 Å². The Balaban J connectivity index is 2.06. The molecule has 1 aromatic rings. The van der Waals surface area contributed by atoms with Gasteiger partial charge in [-0.15, -0.1) is 0 Å². The molecule has 0 amide bonds. The summed E-state index contributed by atoms with van der Waals surface area (Å²) in [6, 6.07) is 8.49. The van der Waals surface area contributed by atoms with Gasteiger partial charge in [0.25, 0.3) is 0 Å². The summed E-state index contributed by atoms with van der Waals surface area (Å²) in [7, 11) is 2.04. The zero-order chi connectivity index (χ0) is 13.1. The van der Waals surface area contributed by atoms with E-state index < -0.39 is 5.97 Å². The van der Waals surface area contributed by atoms with Crippen molar-refractivity contribution < 1.29 is 9.90 Å². The van der Waals surface area contributed by atoms with Gasteiger partial charge in [-0.1, -0.05) is 30.7 Å². The lowest BCUT2D eigenvalue weighted by Crippen LogP contribution is -2.37. The molecule has 3 nitrogen and oxygen atoms in total. The molecule has 1 aromatic carbocycles. The molecule has 98 valence electrons. The Kier molecular flexibility index (Phi) is 4.02. The molecule has 18 heavy (non-hydrogen) atoms. The number of rotatable bonds is 4. The Morgan fingerprint density at radius 1 is 1.39 bits per heavy atom. The normalized spacial score (nSPS) is 23.5. The van der Waals surface area contributed by atoms with Gasteiger partial charge < -0.3 is 5.11 Å². The van der Waals surface area contributed by atoms with E-state index in [1.165, 1.54) is 11.1 Å². The van der Waals surface area contributed by atoms with Gasteiger partial charge in [-0.3, -0.25) is 9.69 Å². The van der Waals surface area contributed by atoms with Crippen molar-refractivity contribution in [3.8, 4) is 0 Å². The molecular formula is C15H21NO2. The van der Waals surface area contributed by atoms with E-state index in [2.05, 4.69) is 24.0 Å². The van der Waals surface area contributed by atoms with E-state index >= 15 is 0 Å². The number of aliphatic carboxylic acids is 1. The molecule has 2 rings (SSSR count). The number of benzene rings is 1. The Labute approximate surface area is 108 Å².